The van der Waals surface area contributed by atoms with Gasteiger partial charge in [0.25, 0.3) is 11.5 Å². The molecule has 0 atom stereocenters. The molecule has 0 N–H and O–H groups in total. The number of piperazine rings is 1. The number of rotatable bonds is 4. The van der Waals surface area contributed by atoms with Crippen LogP contribution in [0.25, 0.3) is 10.9 Å². The number of benzene rings is 1. The summed E-state index contributed by atoms with van der Waals surface area (Å²) in [7, 11) is 0. The zero-order valence-electron chi connectivity index (χ0n) is 15.5. The van der Waals surface area contributed by atoms with Crippen molar-refractivity contribution < 1.29 is 4.79 Å². The largest absolute Gasteiger partial charge is 0.368 e. The molecule has 1 aromatic carbocycles. The molecule has 3 aromatic rings. The second-order valence-corrected chi connectivity index (χ2v) is 8.22. The number of amides is 1. The molecule has 1 saturated heterocycles. The van der Waals surface area contributed by atoms with Crippen LogP contribution in [0.2, 0.25) is 0 Å². The predicted octanol–water partition coefficient (Wildman–Crippen LogP) is 2.23. The van der Waals surface area contributed by atoms with Gasteiger partial charge in [-0.3, -0.25) is 14.2 Å². The van der Waals surface area contributed by atoms with Gasteiger partial charge in [0.2, 0.25) is 0 Å². The van der Waals surface area contributed by atoms with E-state index in [0.717, 1.165) is 30.8 Å². The van der Waals surface area contributed by atoms with Crippen molar-refractivity contribution in [3.8, 4) is 0 Å². The van der Waals surface area contributed by atoms with E-state index in [9.17, 15) is 9.59 Å². The smallest absolute Gasteiger partial charge is 0.273 e. The molecule has 2 aliphatic rings. The highest BCUT2D eigenvalue weighted by molar-refractivity contribution is 7.07. The topological polar surface area (TPSA) is 71.3 Å². The summed E-state index contributed by atoms with van der Waals surface area (Å²) in [5.74, 6) is 0.636. The summed E-state index contributed by atoms with van der Waals surface area (Å²) in [4.78, 5) is 37.8. The number of fused-ring (bicyclic) bond motifs is 1. The standard InChI is InChI=1S/C20H21N5O2S/c26-19-16-4-3-15(9-17(16)21-12-25(19)10-14-1-2-14)23-5-7-24(8-6-23)20(27)18-11-28-13-22-18/h3-4,9,11-14H,1-2,5-8,10H2. The first kappa shape index (κ1) is 17.4. The first-order valence-electron chi connectivity index (χ1n) is 9.60. The lowest BCUT2D eigenvalue weighted by molar-refractivity contribution is 0.0741. The normalized spacial score (nSPS) is 17.3. The minimum Gasteiger partial charge on any atom is -0.368 e. The number of nitrogens with zero attached hydrogens (tertiary/aromatic N) is 5. The maximum Gasteiger partial charge on any atom is 0.273 e. The molecule has 7 nitrogen and oxygen atoms in total. The second kappa shape index (κ2) is 7.01. The van der Waals surface area contributed by atoms with Crippen LogP contribution in [-0.2, 0) is 6.54 Å². The lowest BCUT2D eigenvalue weighted by Crippen LogP contribution is -2.48. The van der Waals surface area contributed by atoms with Crippen molar-refractivity contribution in [3.05, 3.63) is 51.5 Å². The number of hydrogen-bond donors (Lipinski definition) is 0. The maximum absolute atomic E-state index is 12.7. The fraction of sp³-hybridized carbons (Fsp3) is 0.400. The van der Waals surface area contributed by atoms with Crippen molar-refractivity contribution in [2.75, 3.05) is 31.1 Å². The monoisotopic (exact) mass is 395 g/mol. The third-order valence-electron chi connectivity index (χ3n) is 5.54. The molecule has 1 saturated carbocycles. The van der Waals surface area contributed by atoms with Crippen molar-refractivity contribution in [1.29, 1.82) is 0 Å². The van der Waals surface area contributed by atoms with E-state index in [1.54, 1.807) is 21.8 Å². The molecule has 0 unspecified atom stereocenters. The Morgan fingerprint density at radius 3 is 2.68 bits per heavy atom. The quantitative estimate of drug-likeness (QED) is 0.677. The second-order valence-electron chi connectivity index (χ2n) is 7.50. The molecule has 0 radical (unpaired) electrons. The van der Waals surface area contributed by atoms with Crippen molar-refractivity contribution in [3.63, 3.8) is 0 Å². The molecule has 8 heteroatoms. The van der Waals surface area contributed by atoms with E-state index in [1.807, 2.05) is 23.1 Å². The van der Waals surface area contributed by atoms with Gasteiger partial charge in [0.1, 0.15) is 5.69 Å². The molecule has 28 heavy (non-hydrogen) atoms. The summed E-state index contributed by atoms with van der Waals surface area (Å²) in [6.07, 6.45) is 4.10. The van der Waals surface area contributed by atoms with E-state index in [4.69, 9.17) is 0 Å². The van der Waals surface area contributed by atoms with Gasteiger partial charge in [-0.2, -0.15) is 0 Å². The molecular formula is C20H21N5O2S. The first-order valence-corrected chi connectivity index (χ1v) is 10.5. The molecule has 0 spiro atoms. The van der Waals surface area contributed by atoms with Gasteiger partial charge in [0, 0.05) is 43.8 Å². The SMILES string of the molecule is O=C(c1cscn1)N1CCN(c2ccc3c(=O)n(CC4CC4)cnc3c2)CC1. The molecule has 5 rings (SSSR count). The summed E-state index contributed by atoms with van der Waals surface area (Å²) in [5, 5.41) is 2.46. The summed E-state index contributed by atoms with van der Waals surface area (Å²) in [5.41, 5.74) is 4.03. The predicted molar refractivity (Wildman–Crippen MR) is 109 cm³/mol. The van der Waals surface area contributed by atoms with Crippen LogP contribution >= 0.6 is 11.3 Å². The molecule has 3 heterocycles. The molecule has 1 aliphatic carbocycles. The number of anilines is 1. The van der Waals surface area contributed by atoms with Gasteiger partial charge in [0.05, 0.1) is 22.7 Å². The Kier molecular flexibility index (Phi) is 4.35. The van der Waals surface area contributed by atoms with E-state index in [0.29, 0.717) is 30.1 Å². The third kappa shape index (κ3) is 3.28. The van der Waals surface area contributed by atoms with Gasteiger partial charge in [-0.05, 0) is 37.0 Å². The summed E-state index contributed by atoms with van der Waals surface area (Å²) in [6.45, 7) is 3.59. The molecule has 2 aromatic heterocycles. The minimum absolute atomic E-state index is 0.00251. The highest BCUT2D eigenvalue weighted by Crippen LogP contribution is 2.30. The molecule has 1 amide bonds. The fourth-order valence-electron chi connectivity index (χ4n) is 3.70. The summed E-state index contributed by atoms with van der Waals surface area (Å²) < 4.78 is 1.74. The van der Waals surface area contributed by atoms with Crippen LogP contribution in [-0.4, -0.2) is 51.5 Å². The Balaban J connectivity index is 1.31. The Hall–Kier alpha value is -2.74. The summed E-state index contributed by atoms with van der Waals surface area (Å²) >= 11 is 1.44. The maximum atomic E-state index is 12.7. The Morgan fingerprint density at radius 1 is 1.14 bits per heavy atom. The lowest BCUT2D eigenvalue weighted by Gasteiger charge is -2.35. The van der Waals surface area contributed by atoms with Crippen LogP contribution < -0.4 is 10.5 Å². The number of hydrogen-bond acceptors (Lipinski definition) is 6. The number of aromatic nitrogens is 3. The van der Waals surface area contributed by atoms with E-state index in [2.05, 4.69) is 14.9 Å². The van der Waals surface area contributed by atoms with Crippen LogP contribution in [0.5, 0.6) is 0 Å². The Morgan fingerprint density at radius 2 is 1.96 bits per heavy atom. The third-order valence-corrected chi connectivity index (χ3v) is 6.13. The first-order chi connectivity index (χ1) is 13.7. The van der Waals surface area contributed by atoms with Gasteiger partial charge >= 0.3 is 0 Å². The Labute approximate surface area is 166 Å². The van der Waals surface area contributed by atoms with Crippen molar-refractivity contribution in [2.45, 2.75) is 19.4 Å². The zero-order valence-corrected chi connectivity index (χ0v) is 16.3. The highest BCUT2D eigenvalue weighted by atomic mass is 32.1. The lowest BCUT2D eigenvalue weighted by atomic mass is 10.2. The average molecular weight is 395 g/mol. The van der Waals surface area contributed by atoms with Crippen LogP contribution in [0.15, 0.2) is 40.2 Å². The van der Waals surface area contributed by atoms with Crippen molar-refractivity contribution in [2.24, 2.45) is 5.92 Å². The molecule has 1 aliphatic heterocycles. The van der Waals surface area contributed by atoms with Crippen LogP contribution in [0.1, 0.15) is 23.3 Å². The van der Waals surface area contributed by atoms with E-state index in [1.165, 1.54) is 24.2 Å². The van der Waals surface area contributed by atoms with E-state index < -0.39 is 0 Å². The molecule has 0 bridgehead atoms. The van der Waals surface area contributed by atoms with Gasteiger partial charge < -0.3 is 9.80 Å². The number of carbonyl (C=O) groups is 1. The van der Waals surface area contributed by atoms with E-state index in [-0.39, 0.29) is 11.5 Å². The zero-order chi connectivity index (χ0) is 19.1. The van der Waals surface area contributed by atoms with Crippen LogP contribution in [0.4, 0.5) is 5.69 Å². The molecular weight excluding hydrogens is 374 g/mol. The van der Waals surface area contributed by atoms with Crippen molar-refractivity contribution in [1.82, 2.24) is 19.4 Å². The molecule has 2 fully saturated rings. The Bertz CT molecular complexity index is 1070. The van der Waals surface area contributed by atoms with Gasteiger partial charge in [0.15, 0.2) is 0 Å². The van der Waals surface area contributed by atoms with Gasteiger partial charge in [-0.1, -0.05) is 0 Å². The van der Waals surface area contributed by atoms with Crippen LogP contribution in [0, 0.1) is 5.92 Å². The highest BCUT2D eigenvalue weighted by Gasteiger charge is 2.24. The minimum atomic E-state index is -0.00251. The summed E-state index contributed by atoms with van der Waals surface area (Å²) in [6, 6.07) is 5.86. The number of thiazole rings is 1. The van der Waals surface area contributed by atoms with Crippen molar-refractivity contribution >= 4 is 33.8 Å². The van der Waals surface area contributed by atoms with Gasteiger partial charge in [-0.25, -0.2) is 9.97 Å². The van der Waals surface area contributed by atoms with E-state index >= 15 is 0 Å². The average Bonchev–Trinajstić information content (AvgIpc) is 3.38. The van der Waals surface area contributed by atoms with Gasteiger partial charge in [-0.15, -0.1) is 11.3 Å². The van der Waals surface area contributed by atoms with Crippen LogP contribution in [0.3, 0.4) is 0 Å². The fourth-order valence-corrected chi connectivity index (χ4v) is 4.23. The molecule has 144 valence electrons. The number of carbonyl (C=O) groups excluding carboxylic acids is 1.